The van der Waals surface area contributed by atoms with E-state index >= 15 is 0 Å². The number of fused-ring (bicyclic) bond motifs is 1. The average Bonchev–Trinajstić information content (AvgIpc) is 2.86. The lowest BCUT2D eigenvalue weighted by molar-refractivity contribution is 0.222. The van der Waals surface area contributed by atoms with E-state index in [2.05, 4.69) is 29.6 Å². The van der Waals surface area contributed by atoms with Gasteiger partial charge in [0.1, 0.15) is 15.9 Å². The van der Waals surface area contributed by atoms with Gasteiger partial charge in [-0.15, -0.1) is 0 Å². The van der Waals surface area contributed by atoms with Crippen LogP contribution in [0.4, 0.5) is 0 Å². The van der Waals surface area contributed by atoms with E-state index in [0.717, 1.165) is 24.8 Å². The molecule has 1 saturated heterocycles. The van der Waals surface area contributed by atoms with Crippen LogP contribution in [0.1, 0.15) is 0 Å². The maximum Gasteiger partial charge on any atom is 0.246 e. The Morgan fingerprint density at radius 2 is 1.90 bits per heavy atom. The molecule has 0 bridgehead atoms. The zero-order chi connectivity index (χ0) is 14.3. The third-order valence-corrected chi connectivity index (χ3v) is 6.83. The highest BCUT2D eigenvalue weighted by Crippen LogP contribution is 2.32. The molecule has 2 aromatic rings. The molecule has 0 atom stereocenters. The third-order valence-electron chi connectivity index (χ3n) is 3.39. The standard InChI is InChI=1S/C11H13BrN4O2S2/c1-15-4-6-16(7-5-15)20(17,18)11-8(12)2-3-9-10(11)14-19-13-9/h2-3H,4-7H2,1H3. The molecule has 3 rings (SSSR count). The van der Waals surface area contributed by atoms with E-state index in [0.29, 0.717) is 28.6 Å². The van der Waals surface area contributed by atoms with E-state index < -0.39 is 10.0 Å². The summed E-state index contributed by atoms with van der Waals surface area (Å²) in [6.07, 6.45) is 0. The summed E-state index contributed by atoms with van der Waals surface area (Å²) in [6, 6.07) is 3.48. The molecule has 1 aromatic heterocycles. The van der Waals surface area contributed by atoms with Crippen molar-refractivity contribution in [2.45, 2.75) is 4.90 Å². The van der Waals surface area contributed by atoms with Crippen molar-refractivity contribution in [1.29, 1.82) is 0 Å². The van der Waals surface area contributed by atoms with E-state index in [1.807, 2.05) is 7.05 Å². The van der Waals surface area contributed by atoms with Crippen LogP contribution in [0, 0.1) is 0 Å². The van der Waals surface area contributed by atoms with Gasteiger partial charge in [-0.2, -0.15) is 13.1 Å². The highest BCUT2D eigenvalue weighted by Gasteiger charge is 2.31. The molecule has 2 heterocycles. The minimum absolute atomic E-state index is 0.230. The Hall–Kier alpha value is -0.610. The van der Waals surface area contributed by atoms with Crippen LogP contribution in [0.2, 0.25) is 0 Å². The second-order valence-electron chi connectivity index (χ2n) is 4.72. The number of benzene rings is 1. The summed E-state index contributed by atoms with van der Waals surface area (Å²) < 4.78 is 36.0. The Morgan fingerprint density at radius 3 is 2.60 bits per heavy atom. The molecule has 1 fully saturated rings. The van der Waals surface area contributed by atoms with E-state index in [1.165, 1.54) is 4.31 Å². The predicted molar refractivity (Wildman–Crippen MR) is 81.4 cm³/mol. The highest BCUT2D eigenvalue weighted by atomic mass is 79.9. The second kappa shape index (κ2) is 5.30. The van der Waals surface area contributed by atoms with Gasteiger partial charge in [0.25, 0.3) is 0 Å². The molecule has 20 heavy (non-hydrogen) atoms. The Kier molecular flexibility index (Phi) is 3.80. The number of rotatable bonds is 2. The fourth-order valence-corrected chi connectivity index (χ4v) is 5.35. The first kappa shape index (κ1) is 14.3. The minimum Gasteiger partial charge on any atom is -0.304 e. The van der Waals surface area contributed by atoms with Crippen molar-refractivity contribution in [2.75, 3.05) is 33.2 Å². The largest absolute Gasteiger partial charge is 0.304 e. The molecule has 1 aliphatic heterocycles. The molecule has 1 aromatic carbocycles. The molecule has 0 radical (unpaired) electrons. The first-order valence-electron chi connectivity index (χ1n) is 6.09. The van der Waals surface area contributed by atoms with Crippen molar-refractivity contribution < 1.29 is 8.42 Å². The van der Waals surface area contributed by atoms with Crippen LogP contribution < -0.4 is 0 Å². The zero-order valence-corrected chi connectivity index (χ0v) is 14.0. The highest BCUT2D eigenvalue weighted by molar-refractivity contribution is 9.10. The molecule has 0 unspecified atom stereocenters. The van der Waals surface area contributed by atoms with E-state index in [9.17, 15) is 8.42 Å². The number of likely N-dealkylation sites (N-methyl/N-ethyl adjacent to an activating group) is 1. The van der Waals surface area contributed by atoms with Crippen molar-refractivity contribution in [3.8, 4) is 0 Å². The van der Waals surface area contributed by atoms with Crippen LogP contribution in [0.15, 0.2) is 21.5 Å². The third kappa shape index (κ3) is 2.37. The summed E-state index contributed by atoms with van der Waals surface area (Å²) in [6.45, 7) is 2.47. The van der Waals surface area contributed by atoms with Gasteiger partial charge in [-0.1, -0.05) is 0 Å². The number of sulfonamides is 1. The van der Waals surface area contributed by atoms with Gasteiger partial charge < -0.3 is 4.90 Å². The van der Waals surface area contributed by atoms with Gasteiger partial charge in [0.2, 0.25) is 10.0 Å². The Balaban J connectivity index is 2.09. The van der Waals surface area contributed by atoms with Crippen LogP contribution in [-0.4, -0.2) is 59.6 Å². The summed E-state index contributed by atoms with van der Waals surface area (Å²) >= 11 is 4.36. The summed E-state index contributed by atoms with van der Waals surface area (Å²) in [5, 5.41) is 0. The number of hydrogen-bond acceptors (Lipinski definition) is 6. The Bertz CT molecular complexity index is 738. The topological polar surface area (TPSA) is 66.4 Å². The number of hydrogen-bond donors (Lipinski definition) is 0. The smallest absolute Gasteiger partial charge is 0.246 e. The van der Waals surface area contributed by atoms with Gasteiger partial charge in [-0.25, -0.2) is 8.42 Å². The minimum atomic E-state index is -3.55. The molecule has 6 nitrogen and oxygen atoms in total. The first-order chi connectivity index (χ1) is 9.50. The van der Waals surface area contributed by atoms with Crippen molar-refractivity contribution in [2.24, 2.45) is 0 Å². The number of aromatic nitrogens is 2. The summed E-state index contributed by atoms with van der Waals surface area (Å²) in [5.74, 6) is 0. The number of nitrogens with zero attached hydrogens (tertiary/aromatic N) is 4. The lowest BCUT2D eigenvalue weighted by atomic mass is 10.3. The molecule has 9 heteroatoms. The lowest BCUT2D eigenvalue weighted by Gasteiger charge is -2.31. The fourth-order valence-electron chi connectivity index (χ4n) is 2.21. The SMILES string of the molecule is CN1CCN(S(=O)(=O)c2c(Br)ccc3nsnc23)CC1. The van der Waals surface area contributed by atoms with Crippen LogP contribution in [0.3, 0.4) is 0 Å². The molecular formula is C11H13BrN4O2S2. The summed E-state index contributed by atoms with van der Waals surface area (Å²) in [4.78, 5) is 2.35. The van der Waals surface area contributed by atoms with E-state index in [-0.39, 0.29) is 4.90 Å². The van der Waals surface area contributed by atoms with Gasteiger partial charge in [0.15, 0.2) is 0 Å². The van der Waals surface area contributed by atoms with E-state index in [4.69, 9.17) is 0 Å². The molecule has 1 aliphatic rings. The number of halogens is 1. The Morgan fingerprint density at radius 1 is 1.20 bits per heavy atom. The van der Waals surface area contributed by atoms with Crippen LogP contribution >= 0.6 is 27.7 Å². The Labute approximate surface area is 129 Å². The molecule has 0 N–H and O–H groups in total. The van der Waals surface area contributed by atoms with Gasteiger partial charge in [0, 0.05) is 30.7 Å². The second-order valence-corrected chi connectivity index (χ2v) is 7.97. The molecule has 0 saturated carbocycles. The monoisotopic (exact) mass is 376 g/mol. The van der Waals surface area contributed by atoms with Gasteiger partial charge in [-0.3, -0.25) is 0 Å². The first-order valence-corrected chi connectivity index (χ1v) is 9.06. The fraction of sp³-hybridized carbons (Fsp3) is 0.455. The maximum absolute atomic E-state index is 12.8. The summed E-state index contributed by atoms with van der Waals surface area (Å²) in [7, 11) is -1.56. The maximum atomic E-state index is 12.8. The lowest BCUT2D eigenvalue weighted by Crippen LogP contribution is -2.47. The predicted octanol–water partition coefficient (Wildman–Crippen LogP) is 1.39. The quantitative estimate of drug-likeness (QED) is 0.792. The van der Waals surface area contributed by atoms with Crippen LogP contribution in [-0.2, 0) is 10.0 Å². The van der Waals surface area contributed by atoms with Crippen molar-refractivity contribution in [3.63, 3.8) is 0 Å². The van der Waals surface area contributed by atoms with Crippen LogP contribution in [0.25, 0.3) is 11.0 Å². The zero-order valence-electron chi connectivity index (χ0n) is 10.8. The molecule has 108 valence electrons. The van der Waals surface area contributed by atoms with E-state index in [1.54, 1.807) is 12.1 Å². The molecular weight excluding hydrogens is 364 g/mol. The normalized spacial score (nSPS) is 18.7. The molecule has 0 amide bonds. The van der Waals surface area contributed by atoms with Crippen molar-refractivity contribution in [1.82, 2.24) is 18.0 Å². The molecule has 0 spiro atoms. The summed E-state index contributed by atoms with van der Waals surface area (Å²) in [5.41, 5.74) is 1.06. The van der Waals surface area contributed by atoms with Crippen LogP contribution in [0.5, 0.6) is 0 Å². The average molecular weight is 377 g/mol. The van der Waals surface area contributed by atoms with Gasteiger partial charge in [-0.05, 0) is 35.1 Å². The van der Waals surface area contributed by atoms with Gasteiger partial charge >= 0.3 is 0 Å². The van der Waals surface area contributed by atoms with Gasteiger partial charge in [0.05, 0.1) is 11.7 Å². The molecule has 0 aliphatic carbocycles. The van der Waals surface area contributed by atoms with Crippen molar-refractivity contribution in [3.05, 3.63) is 16.6 Å². The number of piperazine rings is 1. The van der Waals surface area contributed by atoms with Crippen molar-refractivity contribution >= 4 is 48.7 Å².